The number of halogens is 1. The van der Waals surface area contributed by atoms with Crippen LogP contribution < -0.4 is 15.5 Å². The smallest absolute Gasteiger partial charge is 0.191 e. The maximum absolute atomic E-state index is 4.89. The predicted molar refractivity (Wildman–Crippen MR) is 134 cm³/mol. The van der Waals surface area contributed by atoms with Gasteiger partial charge < -0.3 is 20.4 Å². The van der Waals surface area contributed by atoms with Crippen LogP contribution in [0.1, 0.15) is 31.4 Å². The number of aryl methyl sites for hydroxylation is 1. The minimum atomic E-state index is 0. The second-order valence-corrected chi connectivity index (χ2v) is 8.43. The van der Waals surface area contributed by atoms with Gasteiger partial charge >= 0.3 is 0 Å². The van der Waals surface area contributed by atoms with Crippen LogP contribution in [0, 0.1) is 0 Å². The first-order valence-corrected chi connectivity index (χ1v) is 10.9. The molecular weight excluding hydrogens is 497 g/mol. The van der Waals surface area contributed by atoms with E-state index in [1.165, 1.54) is 10.6 Å². The van der Waals surface area contributed by atoms with E-state index in [-0.39, 0.29) is 30.0 Å². The molecular formula is C20H34IN7S. The molecule has 29 heavy (non-hydrogen) atoms. The summed E-state index contributed by atoms with van der Waals surface area (Å²) in [5.41, 5.74) is 1.19. The third-order valence-corrected chi connectivity index (χ3v) is 6.08. The largest absolute Gasteiger partial charge is 0.363 e. The highest BCUT2D eigenvalue weighted by Crippen LogP contribution is 2.24. The van der Waals surface area contributed by atoms with Gasteiger partial charge in [0.25, 0.3) is 0 Å². The molecule has 0 radical (unpaired) electrons. The van der Waals surface area contributed by atoms with E-state index in [1.54, 1.807) is 0 Å². The molecule has 1 fully saturated rings. The number of likely N-dealkylation sites (N-methyl/N-ethyl adjacent to an activating group) is 1. The van der Waals surface area contributed by atoms with E-state index in [1.807, 2.05) is 29.3 Å². The Morgan fingerprint density at radius 2 is 2.14 bits per heavy atom. The first-order chi connectivity index (χ1) is 13.6. The summed E-state index contributed by atoms with van der Waals surface area (Å²) < 4.78 is 1.85. The molecule has 1 unspecified atom stereocenters. The summed E-state index contributed by atoms with van der Waals surface area (Å²) in [6.07, 6.45) is 6.26. The number of hydrogen-bond acceptors (Lipinski definition) is 5. The second kappa shape index (κ2) is 11.8. The van der Waals surface area contributed by atoms with Gasteiger partial charge in [0.15, 0.2) is 5.96 Å². The first-order valence-electron chi connectivity index (χ1n) is 10.0. The van der Waals surface area contributed by atoms with Crippen LogP contribution in [0.4, 0.5) is 5.00 Å². The topological polar surface area (TPSA) is 60.7 Å². The molecule has 0 aliphatic carbocycles. The molecule has 7 nitrogen and oxygen atoms in total. The molecule has 9 heteroatoms. The van der Waals surface area contributed by atoms with Crippen LogP contribution >= 0.6 is 35.3 Å². The zero-order valence-corrected chi connectivity index (χ0v) is 21.0. The Kier molecular flexibility index (Phi) is 9.70. The summed E-state index contributed by atoms with van der Waals surface area (Å²) in [4.78, 5) is 9.57. The van der Waals surface area contributed by atoms with Crippen molar-refractivity contribution in [1.82, 2.24) is 25.3 Å². The van der Waals surface area contributed by atoms with Crippen molar-refractivity contribution in [3.05, 3.63) is 35.5 Å². The molecule has 0 saturated carbocycles. The summed E-state index contributed by atoms with van der Waals surface area (Å²) in [5, 5.41) is 14.9. The molecule has 0 aromatic carbocycles. The van der Waals surface area contributed by atoms with Crippen molar-refractivity contribution >= 4 is 46.3 Å². The van der Waals surface area contributed by atoms with Gasteiger partial charge in [-0.15, -0.1) is 35.3 Å². The second-order valence-electron chi connectivity index (χ2n) is 7.50. The molecule has 2 aromatic heterocycles. The molecule has 162 valence electrons. The minimum absolute atomic E-state index is 0. The van der Waals surface area contributed by atoms with Gasteiger partial charge in [-0.2, -0.15) is 5.10 Å². The van der Waals surface area contributed by atoms with E-state index in [0.29, 0.717) is 12.6 Å². The Morgan fingerprint density at radius 3 is 2.69 bits per heavy atom. The number of thiophene rings is 1. The fourth-order valence-electron chi connectivity index (χ4n) is 3.56. The summed E-state index contributed by atoms with van der Waals surface area (Å²) in [6.45, 7) is 5.85. The molecule has 2 N–H and O–H groups in total. The van der Waals surface area contributed by atoms with Crippen molar-refractivity contribution in [2.75, 3.05) is 45.2 Å². The van der Waals surface area contributed by atoms with Crippen LogP contribution in [0.5, 0.6) is 0 Å². The normalized spacial score (nSPS) is 16.6. The summed E-state index contributed by atoms with van der Waals surface area (Å²) in [5.74, 6) is 0.910. The molecule has 3 rings (SSSR count). The Balaban J connectivity index is 0.00000300. The number of rotatable bonds is 7. The summed E-state index contributed by atoms with van der Waals surface area (Å²) in [6, 6.07) is 5.02. The van der Waals surface area contributed by atoms with Gasteiger partial charge in [-0.3, -0.25) is 9.67 Å². The minimum Gasteiger partial charge on any atom is -0.363 e. The maximum Gasteiger partial charge on any atom is 0.191 e. The van der Waals surface area contributed by atoms with Crippen molar-refractivity contribution in [1.29, 1.82) is 0 Å². The molecule has 3 heterocycles. The number of aromatic nitrogens is 2. The third kappa shape index (κ3) is 6.85. The van der Waals surface area contributed by atoms with Gasteiger partial charge in [0.2, 0.25) is 0 Å². The zero-order valence-electron chi connectivity index (χ0n) is 17.8. The standard InChI is InChI=1S/C20H33N7S.HI/c1-5-21-20(22-14-18(25(2)3)16-13-23-26(4)15-16)24-17-8-10-27(11-9-17)19-7-6-12-28-19;/h6-7,12-13,15,17-18H,5,8-11,14H2,1-4H3,(H2,21,22,24);1H. The maximum atomic E-state index is 4.89. The Labute approximate surface area is 195 Å². The third-order valence-electron chi connectivity index (χ3n) is 5.15. The Morgan fingerprint density at radius 1 is 1.38 bits per heavy atom. The fraction of sp³-hybridized carbons (Fsp3) is 0.600. The molecule has 0 spiro atoms. The number of nitrogens with zero attached hydrogens (tertiary/aromatic N) is 5. The SMILES string of the molecule is CCNC(=NCC(c1cnn(C)c1)N(C)C)NC1CCN(c2cccs2)CC1.I. The van der Waals surface area contributed by atoms with Crippen molar-refractivity contribution in [2.45, 2.75) is 31.8 Å². The Bertz CT molecular complexity index is 736. The van der Waals surface area contributed by atoms with Crippen LogP contribution in [-0.2, 0) is 7.05 Å². The highest BCUT2D eigenvalue weighted by atomic mass is 127. The fourth-order valence-corrected chi connectivity index (χ4v) is 4.35. The van der Waals surface area contributed by atoms with Gasteiger partial charge in [-0.05, 0) is 51.4 Å². The molecule has 1 saturated heterocycles. The quantitative estimate of drug-likeness (QED) is 0.327. The lowest BCUT2D eigenvalue weighted by Crippen LogP contribution is -2.48. The number of anilines is 1. The van der Waals surface area contributed by atoms with Crippen LogP contribution in [0.3, 0.4) is 0 Å². The zero-order chi connectivity index (χ0) is 19.9. The lowest BCUT2D eigenvalue weighted by Gasteiger charge is -2.33. The summed E-state index contributed by atoms with van der Waals surface area (Å²) >= 11 is 1.82. The molecule has 2 aromatic rings. The number of nitrogens with one attached hydrogen (secondary N) is 2. The Hall–Kier alpha value is -1.33. The molecule has 0 amide bonds. The highest BCUT2D eigenvalue weighted by Gasteiger charge is 2.21. The lowest BCUT2D eigenvalue weighted by atomic mass is 10.1. The molecule has 0 bridgehead atoms. The number of hydrogen-bond donors (Lipinski definition) is 2. The highest BCUT2D eigenvalue weighted by molar-refractivity contribution is 14.0. The molecule has 1 aliphatic rings. The van der Waals surface area contributed by atoms with Gasteiger partial charge in [-0.1, -0.05) is 0 Å². The van der Waals surface area contributed by atoms with E-state index in [9.17, 15) is 0 Å². The van der Waals surface area contributed by atoms with Crippen molar-refractivity contribution < 1.29 is 0 Å². The number of guanidine groups is 1. The molecule has 1 aliphatic heterocycles. The van der Waals surface area contributed by atoms with E-state index < -0.39 is 0 Å². The van der Waals surface area contributed by atoms with Crippen molar-refractivity contribution in [3.8, 4) is 0 Å². The van der Waals surface area contributed by atoms with Gasteiger partial charge in [0.05, 0.1) is 23.8 Å². The van der Waals surface area contributed by atoms with Gasteiger partial charge in [-0.25, -0.2) is 0 Å². The monoisotopic (exact) mass is 531 g/mol. The van der Waals surface area contributed by atoms with Crippen LogP contribution in [-0.4, -0.2) is 67.0 Å². The van der Waals surface area contributed by atoms with Gasteiger partial charge in [0, 0.05) is 44.5 Å². The first kappa shape index (κ1) is 23.9. The van der Waals surface area contributed by atoms with E-state index in [4.69, 9.17) is 4.99 Å². The van der Waals surface area contributed by atoms with E-state index in [2.05, 4.69) is 70.3 Å². The average molecular weight is 532 g/mol. The van der Waals surface area contributed by atoms with E-state index >= 15 is 0 Å². The lowest BCUT2D eigenvalue weighted by molar-refractivity contribution is 0.306. The number of aliphatic imine (C=N–C) groups is 1. The van der Waals surface area contributed by atoms with Crippen LogP contribution in [0.25, 0.3) is 0 Å². The number of piperidine rings is 1. The predicted octanol–water partition coefficient (Wildman–Crippen LogP) is 2.93. The summed E-state index contributed by atoms with van der Waals surface area (Å²) in [7, 11) is 6.13. The van der Waals surface area contributed by atoms with Gasteiger partial charge in [0.1, 0.15) is 0 Å². The molecule has 1 atom stereocenters. The van der Waals surface area contributed by atoms with E-state index in [0.717, 1.165) is 38.4 Å². The van der Waals surface area contributed by atoms with Crippen LogP contribution in [0.15, 0.2) is 34.9 Å². The van der Waals surface area contributed by atoms with Crippen molar-refractivity contribution in [2.24, 2.45) is 12.0 Å². The average Bonchev–Trinajstić information content (AvgIpc) is 3.34. The van der Waals surface area contributed by atoms with Crippen molar-refractivity contribution in [3.63, 3.8) is 0 Å². The van der Waals surface area contributed by atoms with Crippen LogP contribution in [0.2, 0.25) is 0 Å².